The lowest BCUT2D eigenvalue weighted by molar-refractivity contribution is 0.181. The molecule has 16 heavy (non-hydrogen) atoms. The van der Waals surface area contributed by atoms with Crippen molar-refractivity contribution in [1.82, 2.24) is 9.55 Å². The summed E-state index contributed by atoms with van der Waals surface area (Å²) in [5.41, 5.74) is -0.945. The summed E-state index contributed by atoms with van der Waals surface area (Å²) in [6, 6.07) is 0. The van der Waals surface area contributed by atoms with Crippen LogP contribution in [0.2, 0.25) is 0 Å². The van der Waals surface area contributed by atoms with Crippen molar-refractivity contribution >= 4 is 0 Å². The molecule has 1 aliphatic heterocycles. The standard InChI is InChI=1S/C10H14N2O4/c1-6-8(13)11-10(15)12(9(6)14)4-7-2-3-16-5-7/h7,14H,2-5H2,1H3,(H,11,13,15). The zero-order valence-corrected chi connectivity index (χ0v) is 9.02. The van der Waals surface area contributed by atoms with Crippen LogP contribution in [0.3, 0.4) is 0 Å². The first-order valence-corrected chi connectivity index (χ1v) is 5.20. The van der Waals surface area contributed by atoms with Gasteiger partial charge in [0.1, 0.15) is 0 Å². The molecular weight excluding hydrogens is 212 g/mol. The third-order valence-corrected chi connectivity index (χ3v) is 2.86. The van der Waals surface area contributed by atoms with E-state index in [1.165, 1.54) is 11.5 Å². The largest absolute Gasteiger partial charge is 0.494 e. The third kappa shape index (κ3) is 1.88. The number of aromatic hydroxyl groups is 1. The molecule has 1 aromatic rings. The molecule has 1 aromatic heterocycles. The highest BCUT2D eigenvalue weighted by Gasteiger charge is 2.19. The molecule has 0 spiro atoms. The molecule has 1 saturated heterocycles. The highest BCUT2D eigenvalue weighted by atomic mass is 16.5. The van der Waals surface area contributed by atoms with Gasteiger partial charge in [-0.2, -0.15) is 0 Å². The Balaban J connectivity index is 2.36. The van der Waals surface area contributed by atoms with Crippen molar-refractivity contribution in [3.05, 3.63) is 26.4 Å². The molecule has 1 atom stereocenters. The number of hydrogen-bond donors (Lipinski definition) is 2. The molecule has 2 rings (SSSR count). The zero-order chi connectivity index (χ0) is 11.7. The van der Waals surface area contributed by atoms with Crippen LogP contribution < -0.4 is 11.2 Å². The fourth-order valence-corrected chi connectivity index (χ4v) is 1.81. The average molecular weight is 226 g/mol. The zero-order valence-electron chi connectivity index (χ0n) is 9.02. The van der Waals surface area contributed by atoms with E-state index in [4.69, 9.17) is 4.74 Å². The van der Waals surface area contributed by atoms with Gasteiger partial charge in [0, 0.05) is 19.1 Å². The van der Waals surface area contributed by atoms with Crippen LogP contribution in [-0.4, -0.2) is 27.9 Å². The van der Waals surface area contributed by atoms with Gasteiger partial charge in [-0.05, 0) is 13.3 Å². The molecule has 1 aliphatic rings. The van der Waals surface area contributed by atoms with Gasteiger partial charge in [0.15, 0.2) is 0 Å². The molecule has 0 saturated carbocycles. The molecule has 0 aromatic carbocycles. The van der Waals surface area contributed by atoms with E-state index >= 15 is 0 Å². The minimum Gasteiger partial charge on any atom is -0.494 e. The minimum absolute atomic E-state index is 0.165. The van der Waals surface area contributed by atoms with Gasteiger partial charge in [0.25, 0.3) is 5.56 Å². The first kappa shape index (κ1) is 10.9. The normalized spacial score (nSPS) is 20.2. The van der Waals surface area contributed by atoms with Crippen LogP contribution in [0, 0.1) is 12.8 Å². The Labute approximate surface area is 91.5 Å². The van der Waals surface area contributed by atoms with Gasteiger partial charge in [0.2, 0.25) is 5.88 Å². The number of hydrogen-bond acceptors (Lipinski definition) is 4. The van der Waals surface area contributed by atoms with E-state index < -0.39 is 11.2 Å². The lowest BCUT2D eigenvalue weighted by atomic mass is 10.1. The Morgan fingerprint density at radius 2 is 2.31 bits per heavy atom. The maximum absolute atomic E-state index is 11.5. The van der Waals surface area contributed by atoms with Gasteiger partial charge < -0.3 is 9.84 Å². The summed E-state index contributed by atoms with van der Waals surface area (Å²) < 4.78 is 6.38. The van der Waals surface area contributed by atoms with Crippen molar-refractivity contribution in [2.45, 2.75) is 19.9 Å². The summed E-state index contributed by atoms with van der Waals surface area (Å²) in [4.78, 5) is 24.9. The number of rotatable bonds is 2. The van der Waals surface area contributed by atoms with Gasteiger partial charge in [-0.3, -0.25) is 14.3 Å². The smallest absolute Gasteiger partial charge is 0.331 e. The topological polar surface area (TPSA) is 84.3 Å². The predicted octanol–water partition coefficient (Wildman–Crippen LogP) is -0.413. The Kier molecular flexibility index (Phi) is 2.82. The second-order valence-corrected chi connectivity index (χ2v) is 4.05. The van der Waals surface area contributed by atoms with E-state index in [0.717, 1.165) is 6.42 Å². The quantitative estimate of drug-likeness (QED) is 0.717. The fourth-order valence-electron chi connectivity index (χ4n) is 1.81. The summed E-state index contributed by atoms with van der Waals surface area (Å²) in [7, 11) is 0. The van der Waals surface area contributed by atoms with Crippen LogP contribution in [0.1, 0.15) is 12.0 Å². The van der Waals surface area contributed by atoms with E-state index in [0.29, 0.717) is 19.8 Å². The molecule has 88 valence electrons. The van der Waals surface area contributed by atoms with E-state index in [-0.39, 0.29) is 17.4 Å². The molecular formula is C10H14N2O4. The Hall–Kier alpha value is -1.56. The number of aromatic nitrogens is 2. The molecule has 2 N–H and O–H groups in total. The van der Waals surface area contributed by atoms with Crippen molar-refractivity contribution in [3.8, 4) is 5.88 Å². The van der Waals surface area contributed by atoms with Crippen molar-refractivity contribution < 1.29 is 9.84 Å². The summed E-state index contributed by atoms with van der Waals surface area (Å²) in [6.45, 7) is 3.13. The van der Waals surface area contributed by atoms with E-state index in [9.17, 15) is 14.7 Å². The highest BCUT2D eigenvalue weighted by molar-refractivity contribution is 5.20. The molecule has 6 nitrogen and oxygen atoms in total. The Morgan fingerprint density at radius 3 is 2.94 bits per heavy atom. The lowest BCUT2D eigenvalue weighted by Crippen LogP contribution is -2.33. The SMILES string of the molecule is Cc1c(O)n(CC2CCOC2)c(=O)[nH]c1=O. The summed E-state index contributed by atoms with van der Waals surface area (Å²) in [5, 5.41) is 9.72. The summed E-state index contributed by atoms with van der Waals surface area (Å²) in [5.74, 6) is -0.0328. The number of H-pyrrole nitrogens is 1. The van der Waals surface area contributed by atoms with Crippen LogP contribution in [0.15, 0.2) is 9.59 Å². The third-order valence-electron chi connectivity index (χ3n) is 2.86. The number of aromatic amines is 1. The van der Waals surface area contributed by atoms with Gasteiger partial charge >= 0.3 is 5.69 Å². The van der Waals surface area contributed by atoms with Crippen LogP contribution in [0.4, 0.5) is 0 Å². The van der Waals surface area contributed by atoms with Crippen molar-refractivity contribution in [2.75, 3.05) is 13.2 Å². The highest BCUT2D eigenvalue weighted by Crippen LogP contribution is 2.17. The van der Waals surface area contributed by atoms with Crippen molar-refractivity contribution in [3.63, 3.8) is 0 Å². The van der Waals surface area contributed by atoms with Crippen LogP contribution in [-0.2, 0) is 11.3 Å². The second kappa shape index (κ2) is 4.13. The predicted molar refractivity (Wildman–Crippen MR) is 56.7 cm³/mol. The van der Waals surface area contributed by atoms with Gasteiger partial charge in [0.05, 0.1) is 12.2 Å². The van der Waals surface area contributed by atoms with E-state index in [2.05, 4.69) is 4.98 Å². The van der Waals surface area contributed by atoms with E-state index in [1.54, 1.807) is 0 Å². The van der Waals surface area contributed by atoms with E-state index in [1.807, 2.05) is 0 Å². The Morgan fingerprint density at radius 1 is 1.56 bits per heavy atom. The number of nitrogens with zero attached hydrogens (tertiary/aromatic N) is 1. The molecule has 0 radical (unpaired) electrons. The minimum atomic E-state index is -0.569. The molecule has 6 heteroatoms. The van der Waals surface area contributed by atoms with Crippen molar-refractivity contribution in [2.24, 2.45) is 5.92 Å². The first-order valence-electron chi connectivity index (χ1n) is 5.20. The molecule has 0 aliphatic carbocycles. The summed E-state index contributed by atoms with van der Waals surface area (Å²) >= 11 is 0. The number of nitrogens with one attached hydrogen (secondary N) is 1. The monoisotopic (exact) mass is 226 g/mol. The van der Waals surface area contributed by atoms with Gasteiger partial charge in [-0.1, -0.05) is 0 Å². The lowest BCUT2D eigenvalue weighted by Gasteiger charge is -2.12. The second-order valence-electron chi connectivity index (χ2n) is 4.05. The first-order chi connectivity index (χ1) is 7.59. The van der Waals surface area contributed by atoms with Crippen LogP contribution in [0.5, 0.6) is 5.88 Å². The summed E-state index contributed by atoms with van der Waals surface area (Å²) in [6.07, 6.45) is 0.865. The molecule has 0 amide bonds. The number of ether oxygens (including phenoxy) is 1. The molecule has 0 bridgehead atoms. The fraction of sp³-hybridized carbons (Fsp3) is 0.600. The maximum Gasteiger partial charge on any atom is 0.331 e. The molecule has 2 heterocycles. The average Bonchev–Trinajstić information content (AvgIpc) is 2.74. The van der Waals surface area contributed by atoms with Gasteiger partial charge in [-0.25, -0.2) is 4.79 Å². The van der Waals surface area contributed by atoms with Crippen LogP contribution >= 0.6 is 0 Å². The Bertz CT molecular complexity index is 497. The maximum atomic E-state index is 11.5. The van der Waals surface area contributed by atoms with Crippen molar-refractivity contribution in [1.29, 1.82) is 0 Å². The molecule has 1 unspecified atom stereocenters. The molecule has 1 fully saturated rings. The van der Waals surface area contributed by atoms with Gasteiger partial charge in [-0.15, -0.1) is 0 Å². The van der Waals surface area contributed by atoms with Crippen LogP contribution in [0.25, 0.3) is 0 Å².